The van der Waals surface area contributed by atoms with Gasteiger partial charge in [-0.1, -0.05) is 30.0 Å². The minimum absolute atomic E-state index is 0.163. The minimum atomic E-state index is -0.175. The van der Waals surface area contributed by atoms with Crippen molar-refractivity contribution in [1.29, 1.82) is 0 Å². The molecule has 8 nitrogen and oxygen atoms in total. The number of carbonyl (C=O) groups excluding carboxylic acids is 1. The van der Waals surface area contributed by atoms with Crippen LogP contribution in [-0.2, 0) is 6.61 Å². The maximum atomic E-state index is 13.3. The molecule has 0 saturated carbocycles. The number of carbonyl (C=O) groups is 1. The normalized spacial score (nSPS) is 13.0. The van der Waals surface area contributed by atoms with Gasteiger partial charge in [0.05, 0.1) is 26.3 Å². The van der Waals surface area contributed by atoms with Gasteiger partial charge in [-0.15, -0.1) is 10.2 Å². The summed E-state index contributed by atoms with van der Waals surface area (Å²) in [5.41, 5.74) is 0.487. The summed E-state index contributed by atoms with van der Waals surface area (Å²) in [6, 6.07) is 14.5. The summed E-state index contributed by atoms with van der Waals surface area (Å²) >= 11 is 1.55. The topological polar surface area (TPSA) is 78.7 Å². The molecule has 3 aromatic rings. The molecule has 4 rings (SSSR count). The molecule has 2 heterocycles. The maximum absolute atomic E-state index is 13.3. The third-order valence-corrected chi connectivity index (χ3v) is 5.33. The number of ether oxygens (including phenoxy) is 3. The van der Waals surface area contributed by atoms with Gasteiger partial charge in [0.2, 0.25) is 5.16 Å². The van der Waals surface area contributed by atoms with E-state index in [1.165, 1.54) is 0 Å². The molecule has 0 fully saturated rings. The summed E-state index contributed by atoms with van der Waals surface area (Å²) in [5.74, 6) is 2.97. The highest BCUT2D eigenvalue weighted by atomic mass is 32.2. The monoisotopic (exact) mass is 412 g/mol. The molecule has 9 heteroatoms. The molecule has 2 aromatic carbocycles. The van der Waals surface area contributed by atoms with Gasteiger partial charge in [-0.2, -0.15) is 0 Å². The van der Waals surface area contributed by atoms with E-state index in [9.17, 15) is 4.79 Å². The predicted molar refractivity (Wildman–Crippen MR) is 108 cm³/mol. The first-order valence-electron chi connectivity index (χ1n) is 9.00. The zero-order chi connectivity index (χ0) is 20.2. The Morgan fingerprint density at radius 1 is 1.07 bits per heavy atom. The van der Waals surface area contributed by atoms with Crippen LogP contribution in [0.1, 0.15) is 16.2 Å². The van der Waals surface area contributed by atoms with Gasteiger partial charge in [-0.25, -0.2) is 9.69 Å². The van der Waals surface area contributed by atoms with Crippen molar-refractivity contribution >= 4 is 17.7 Å². The molecule has 0 radical (unpaired) electrons. The van der Waals surface area contributed by atoms with Crippen molar-refractivity contribution in [1.82, 2.24) is 14.9 Å². The number of aromatic nitrogens is 3. The van der Waals surface area contributed by atoms with E-state index in [0.717, 1.165) is 5.75 Å². The SMILES string of the molecule is COc1cccc(OCc2nnc3n2N(C(=O)c2ccccc2OC)CCS3)c1. The fourth-order valence-electron chi connectivity index (χ4n) is 3.03. The fourth-order valence-corrected chi connectivity index (χ4v) is 3.90. The number of hydrogen-bond donors (Lipinski definition) is 0. The van der Waals surface area contributed by atoms with E-state index in [2.05, 4.69) is 10.2 Å². The van der Waals surface area contributed by atoms with E-state index >= 15 is 0 Å². The highest BCUT2D eigenvalue weighted by Gasteiger charge is 2.29. The Kier molecular flexibility index (Phi) is 5.57. The largest absolute Gasteiger partial charge is 0.497 e. The Bertz CT molecular complexity index is 1020. The number of hydrogen-bond acceptors (Lipinski definition) is 7. The molecule has 29 heavy (non-hydrogen) atoms. The van der Waals surface area contributed by atoms with Crippen molar-refractivity contribution in [2.24, 2.45) is 0 Å². The number of rotatable bonds is 6. The van der Waals surface area contributed by atoms with Gasteiger partial charge in [0.25, 0.3) is 5.91 Å². The molecule has 1 amide bonds. The zero-order valence-electron chi connectivity index (χ0n) is 16.1. The first kappa shape index (κ1) is 19.1. The van der Waals surface area contributed by atoms with Crippen LogP contribution < -0.4 is 19.2 Å². The molecule has 150 valence electrons. The van der Waals surface area contributed by atoms with E-state index in [4.69, 9.17) is 14.2 Å². The molecule has 0 bridgehead atoms. The molecule has 1 aliphatic rings. The van der Waals surface area contributed by atoms with Crippen LogP contribution in [0, 0.1) is 0 Å². The Balaban J connectivity index is 1.60. The summed E-state index contributed by atoms with van der Waals surface area (Å²) in [5, 5.41) is 10.7. The van der Waals surface area contributed by atoms with Crippen molar-refractivity contribution < 1.29 is 19.0 Å². The molecule has 0 unspecified atom stereocenters. The Morgan fingerprint density at radius 2 is 1.90 bits per heavy atom. The summed E-state index contributed by atoms with van der Waals surface area (Å²) in [4.78, 5) is 13.3. The van der Waals surface area contributed by atoms with Crippen molar-refractivity contribution in [3.05, 3.63) is 59.9 Å². The highest BCUT2D eigenvalue weighted by Crippen LogP contribution is 2.27. The smallest absolute Gasteiger partial charge is 0.276 e. The Morgan fingerprint density at radius 3 is 2.72 bits per heavy atom. The third-order valence-electron chi connectivity index (χ3n) is 4.43. The number of benzene rings is 2. The Labute approximate surface area is 172 Å². The lowest BCUT2D eigenvalue weighted by molar-refractivity contribution is 0.0949. The quantitative estimate of drug-likeness (QED) is 0.616. The van der Waals surface area contributed by atoms with Crippen LogP contribution in [0.25, 0.3) is 0 Å². The maximum Gasteiger partial charge on any atom is 0.276 e. The molecular weight excluding hydrogens is 392 g/mol. The summed E-state index contributed by atoms with van der Waals surface area (Å²) in [7, 11) is 3.16. The van der Waals surface area contributed by atoms with Gasteiger partial charge >= 0.3 is 0 Å². The second-order valence-corrected chi connectivity index (χ2v) is 7.22. The van der Waals surface area contributed by atoms with Gasteiger partial charge in [0.1, 0.15) is 23.9 Å². The first-order valence-corrected chi connectivity index (χ1v) is 9.99. The molecule has 1 aliphatic heterocycles. The minimum Gasteiger partial charge on any atom is -0.497 e. The fraction of sp³-hybridized carbons (Fsp3) is 0.250. The van der Waals surface area contributed by atoms with Crippen LogP contribution in [0.5, 0.6) is 17.2 Å². The van der Waals surface area contributed by atoms with Crippen LogP contribution >= 0.6 is 11.8 Å². The van der Waals surface area contributed by atoms with Crippen LogP contribution in [-0.4, -0.2) is 47.3 Å². The van der Waals surface area contributed by atoms with E-state index in [1.54, 1.807) is 53.9 Å². The highest BCUT2D eigenvalue weighted by molar-refractivity contribution is 7.99. The molecule has 0 atom stereocenters. The number of methoxy groups -OCH3 is 2. The van der Waals surface area contributed by atoms with Crippen LogP contribution in [0.4, 0.5) is 0 Å². The molecule has 0 saturated heterocycles. The zero-order valence-corrected chi connectivity index (χ0v) is 16.9. The number of nitrogens with zero attached hydrogens (tertiary/aromatic N) is 4. The van der Waals surface area contributed by atoms with Gasteiger partial charge in [-0.05, 0) is 24.3 Å². The molecule has 1 aromatic heterocycles. The summed E-state index contributed by atoms with van der Waals surface area (Å²) in [6.45, 7) is 0.690. The van der Waals surface area contributed by atoms with Crippen molar-refractivity contribution in [3.63, 3.8) is 0 Å². The van der Waals surface area contributed by atoms with Gasteiger partial charge < -0.3 is 14.2 Å². The van der Waals surface area contributed by atoms with Crippen molar-refractivity contribution in [3.8, 4) is 17.2 Å². The second kappa shape index (κ2) is 8.44. The molecular formula is C20H20N4O4S. The van der Waals surface area contributed by atoms with Crippen LogP contribution in [0.2, 0.25) is 0 Å². The summed E-state index contributed by atoms with van der Waals surface area (Å²) in [6.07, 6.45) is 0. The van der Waals surface area contributed by atoms with Crippen LogP contribution in [0.3, 0.4) is 0 Å². The first-order chi connectivity index (χ1) is 14.2. The van der Waals surface area contributed by atoms with E-state index in [0.29, 0.717) is 40.3 Å². The second-order valence-electron chi connectivity index (χ2n) is 6.16. The number of para-hydroxylation sites is 1. The van der Waals surface area contributed by atoms with Gasteiger partial charge in [0, 0.05) is 11.8 Å². The molecule has 0 aliphatic carbocycles. The van der Waals surface area contributed by atoms with E-state index < -0.39 is 0 Å². The van der Waals surface area contributed by atoms with Crippen LogP contribution in [0.15, 0.2) is 53.7 Å². The molecule has 0 N–H and O–H groups in total. The molecule has 0 spiro atoms. The third kappa shape index (κ3) is 3.86. The summed E-state index contributed by atoms with van der Waals surface area (Å²) < 4.78 is 18.2. The van der Waals surface area contributed by atoms with Crippen molar-refractivity contribution in [2.75, 3.05) is 31.5 Å². The predicted octanol–water partition coefficient (Wildman–Crippen LogP) is 2.76. The van der Waals surface area contributed by atoms with E-state index in [-0.39, 0.29) is 12.5 Å². The lowest BCUT2D eigenvalue weighted by Crippen LogP contribution is -2.45. The van der Waals surface area contributed by atoms with Crippen molar-refractivity contribution in [2.45, 2.75) is 11.8 Å². The average Bonchev–Trinajstić information content (AvgIpc) is 3.20. The standard InChI is InChI=1S/C20H20N4O4S/c1-26-14-6-5-7-15(12-14)28-13-18-21-22-20-24(18)23(10-11-29-20)19(25)16-8-3-4-9-17(16)27-2/h3-9,12H,10-11,13H2,1-2H3. The lowest BCUT2D eigenvalue weighted by Gasteiger charge is -2.29. The number of amides is 1. The van der Waals surface area contributed by atoms with E-state index in [1.807, 2.05) is 30.3 Å². The van der Waals surface area contributed by atoms with Gasteiger partial charge in [-0.3, -0.25) is 4.79 Å². The lowest BCUT2D eigenvalue weighted by atomic mass is 10.2. The Hall–Kier alpha value is -3.20. The number of thioether (sulfide) groups is 1. The average molecular weight is 412 g/mol. The van der Waals surface area contributed by atoms with Gasteiger partial charge in [0.15, 0.2) is 5.82 Å². The number of fused-ring (bicyclic) bond motifs is 1.